The number of aliphatic hydroxyl groups is 1. The molecule has 0 aliphatic heterocycles. The Morgan fingerprint density at radius 1 is 1.30 bits per heavy atom. The monoisotopic (exact) mass is 282 g/mol. The van der Waals surface area contributed by atoms with E-state index in [0.717, 1.165) is 0 Å². The van der Waals surface area contributed by atoms with Gasteiger partial charge in [0, 0.05) is 0 Å². The van der Waals surface area contributed by atoms with Gasteiger partial charge < -0.3 is 20.2 Å². The minimum absolute atomic E-state index is 0.122. The van der Waals surface area contributed by atoms with Crippen LogP contribution in [0.4, 0.5) is 0 Å². The van der Waals surface area contributed by atoms with Crippen LogP contribution >= 0.6 is 0 Å². The summed E-state index contributed by atoms with van der Waals surface area (Å²) >= 11 is 0. The maximum Gasteiger partial charge on any atom is 0.287 e. The normalized spacial score (nSPS) is 13.8. The van der Waals surface area contributed by atoms with Crippen molar-refractivity contribution < 1.29 is 19.1 Å². The average Bonchev–Trinajstić information content (AvgIpc) is 2.90. The predicted molar refractivity (Wildman–Crippen MR) is 74.1 cm³/mol. The molecule has 0 saturated heterocycles. The molecule has 112 valence electrons. The molecule has 20 heavy (non-hydrogen) atoms. The summed E-state index contributed by atoms with van der Waals surface area (Å²) < 4.78 is 4.95. The summed E-state index contributed by atoms with van der Waals surface area (Å²) in [6, 6.07) is 2.12. The molecule has 6 heteroatoms. The van der Waals surface area contributed by atoms with Crippen molar-refractivity contribution in [2.45, 2.75) is 39.3 Å². The van der Waals surface area contributed by atoms with Gasteiger partial charge in [-0.3, -0.25) is 9.59 Å². The molecule has 0 spiro atoms. The molecule has 0 aromatic carbocycles. The fraction of sp³-hybridized carbons (Fsp3) is 0.571. The Morgan fingerprint density at radius 2 is 2.00 bits per heavy atom. The fourth-order valence-corrected chi connectivity index (χ4v) is 1.82. The quantitative estimate of drug-likeness (QED) is 0.693. The van der Waals surface area contributed by atoms with Crippen molar-refractivity contribution >= 4 is 11.8 Å². The first kappa shape index (κ1) is 16.2. The molecule has 0 saturated carbocycles. The van der Waals surface area contributed by atoms with E-state index in [1.807, 2.05) is 13.8 Å². The smallest absolute Gasteiger partial charge is 0.287 e. The largest absolute Gasteiger partial charge is 0.459 e. The Bertz CT molecular complexity index is 428. The van der Waals surface area contributed by atoms with Crippen LogP contribution in [0.2, 0.25) is 0 Å². The van der Waals surface area contributed by atoms with Crippen LogP contribution in [0.5, 0.6) is 0 Å². The zero-order valence-electron chi connectivity index (χ0n) is 12.1. The SMILES string of the molecule is CC(C)CC(CO)NC(=O)C(C)NC(=O)c1ccco1. The van der Waals surface area contributed by atoms with Gasteiger partial charge in [0.05, 0.1) is 18.9 Å². The Kier molecular flexibility index (Phi) is 6.24. The third-order valence-corrected chi connectivity index (χ3v) is 2.81. The first-order valence-corrected chi connectivity index (χ1v) is 6.69. The molecule has 0 aliphatic carbocycles. The lowest BCUT2D eigenvalue weighted by Gasteiger charge is -2.21. The van der Waals surface area contributed by atoms with Crippen LogP contribution in [0.1, 0.15) is 37.7 Å². The average molecular weight is 282 g/mol. The Hall–Kier alpha value is -1.82. The number of aliphatic hydroxyl groups excluding tert-OH is 1. The van der Waals surface area contributed by atoms with E-state index >= 15 is 0 Å². The topological polar surface area (TPSA) is 91.6 Å². The van der Waals surface area contributed by atoms with Crippen LogP contribution in [-0.2, 0) is 4.79 Å². The summed E-state index contributed by atoms with van der Waals surface area (Å²) in [5.74, 6) is -0.252. The van der Waals surface area contributed by atoms with Crippen molar-refractivity contribution in [2.75, 3.05) is 6.61 Å². The third-order valence-electron chi connectivity index (χ3n) is 2.81. The number of furan rings is 1. The number of hydrogen-bond acceptors (Lipinski definition) is 4. The number of rotatable bonds is 7. The van der Waals surface area contributed by atoms with Gasteiger partial charge >= 0.3 is 0 Å². The van der Waals surface area contributed by atoms with Crippen LogP contribution in [0, 0.1) is 5.92 Å². The van der Waals surface area contributed by atoms with Gasteiger partial charge in [-0.15, -0.1) is 0 Å². The molecule has 1 heterocycles. The standard InChI is InChI=1S/C14H22N2O4/c1-9(2)7-11(8-17)16-13(18)10(3)15-14(19)12-5-4-6-20-12/h4-6,9-11,17H,7-8H2,1-3H3,(H,15,19)(H,16,18). The minimum Gasteiger partial charge on any atom is -0.459 e. The van der Waals surface area contributed by atoms with E-state index in [-0.39, 0.29) is 24.3 Å². The van der Waals surface area contributed by atoms with Crippen LogP contribution < -0.4 is 10.6 Å². The van der Waals surface area contributed by atoms with Gasteiger partial charge in [-0.05, 0) is 31.4 Å². The molecule has 2 atom stereocenters. The minimum atomic E-state index is -0.700. The van der Waals surface area contributed by atoms with Crippen LogP contribution in [0.15, 0.2) is 22.8 Å². The lowest BCUT2D eigenvalue weighted by Crippen LogP contribution is -2.49. The zero-order valence-corrected chi connectivity index (χ0v) is 12.1. The highest BCUT2D eigenvalue weighted by atomic mass is 16.3. The highest BCUT2D eigenvalue weighted by Gasteiger charge is 2.20. The molecule has 2 amide bonds. The molecule has 2 unspecified atom stereocenters. The molecular formula is C14H22N2O4. The van der Waals surface area contributed by atoms with Gasteiger partial charge in [-0.1, -0.05) is 13.8 Å². The molecule has 1 aromatic heterocycles. The summed E-state index contributed by atoms with van der Waals surface area (Å²) in [7, 11) is 0. The second-order valence-corrected chi connectivity index (χ2v) is 5.19. The number of amides is 2. The van der Waals surface area contributed by atoms with Gasteiger partial charge in [0.15, 0.2) is 5.76 Å². The van der Waals surface area contributed by atoms with Crippen molar-refractivity contribution in [3.05, 3.63) is 24.2 Å². The van der Waals surface area contributed by atoms with Gasteiger partial charge in [0.25, 0.3) is 5.91 Å². The first-order valence-electron chi connectivity index (χ1n) is 6.69. The van der Waals surface area contributed by atoms with Gasteiger partial charge in [-0.25, -0.2) is 0 Å². The summed E-state index contributed by atoms with van der Waals surface area (Å²) in [5, 5.41) is 14.5. The van der Waals surface area contributed by atoms with Gasteiger partial charge in [-0.2, -0.15) is 0 Å². The maximum atomic E-state index is 11.9. The predicted octanol–water partition coefficient (Wildman–Crippen LogP) is 0.921. The van der Waals surface area contributed by atoms with Crippen molar-refractivity contribution in [3.63, 3.8) is 0 Å². The highest BCUT2D eigenvalue weighted by Crippen LogP contribution is 2.05. The van der Waals surface area contributed by atoms with Crippen molar-refractivity contribution in [1.82, 2.24) is 10.6 Å². The number of nitrogens with one attached hydrogen (secondary N) is 2. The van der Waals surface area contributed by atoms with Gasteiger partial charge in [0.1, 0.15) is 6.04 Å². The molecule has 3 N–H and O–H groups in total. The Labute approximate surface area is 118 Å². The second kappa shape index (κ2) is 7.69. The number of carbonyl (C=O) groups excluding carboxylic acids is 2. The van der Waals surface area contributed by atoms with Crippen molar-refractivity contribution in [1.29, 1.82) is 0 Å². The Balaban J connectivity index is 2.48. The number of carbonyl (C=O) groups is 2. The van der Waals surface area contributed by atoms with Crippen LogP contribution in [0.3, 0.4) is 0 Å². The maximum absolute atomic E-state index is 11.9. The van der Waals surface area contributed by atoms with Crippen molar-refractivity contribution in [2.24, 2.45) is 5.92 Å². The molecular weight excluding hydrogens is 260 g/mol. The third kappa shape index (κ3) is 5.05. The van der Waals surface area contributed by atoms with E-state index in [9.17, 15) is 14.7 Å². The molecule has 1 aromatic rings. The van der Waals surface area contributed by atoms with E-state index in [4.69, 9.17) is 4.42 Å². The second-order valence-electron chi connectivity index (χ2n) is 5.19. The highest BCUT2D eigenvalue weighted by molar-refractivity contribution is 5.95. The first-order chi connectivity index (χ1) is 9.43. The molecule has 0 aliphatic rings. The van der Waals surface area contributed by atoms with Crippen molar-refractivity contribution in [3.8, 4) is 0 Å². The zero-order chi connectivity index (χ0) is 15.1. The van der Waals surface area contributed by atoms with E-state index in [1.54, 1.807) is 13.0 Å². The van der Waals surface area contributed by atoms with E-state index in [2.05, 4.69) is 10.6 Å². The summed E-state index contributed by atoms with van der Waals surface area (Å²) in [6.07, 6.45) is 2.07. The number of hydrogen-bond donors (Lipinski definition) is 3. The molecule has 0 bridgehead atoms. The van der Waals surface area contributed by atoms with E-state index in [0.29, 0.717) is 12.3 Å². The molecule has 1 rings (SSSR count). The summed E-state index contributed by atoms with van der Waals surface area (Å²) in [5.41, 5.74) is 0. The van der Waals surface area contributed by atoms with E-state index in [1.165, 1.54) is 12.3 Å². The van der Waals surface area contributed by atoms with Crippen LogP contribution in [0.25, 0.3) is 0 Å². The lowest BCUT2D eigenvalue weighted by atomic mass is 10.0. The van der Waals surface area contributed by atoms with Crippen LogP contribution in [-0.4, -0.2) is 35.6 Å². The van der Waals surface area contributed by atoms with Gasteiger partial charge in [0.2, 0.25) is 5.91 Å². The summed E-state index contributed by atoms with van der Waals surface area (Å²) in [6.45, 7) is 5.48. The Morgan fingerprint density at radius 3 is 2.50 bits per heavy atom. The molecule has 0 radical (unpaired) electrons. The summed E-state index contributed by atoms with van der Waals surface area (Å²) in [4.78, 5) is 23.7. The fourth-order valence-electron chi connectivity index (χ4n) is 1.82. The lowest BCUT2D eigenvalue weighted by molar-refractivity contribution is -0.123. The molecule has 6 nitrogen and oxygen atoms in total. The van der Waals surface area contributed by atoms with E-state index < -0.39 is 11.9 Å². The molecule has 0 fully saturated rings.